The van der Waals surface area contributed by atoms with Crippen LogP contribution in [0.15, 0.2) is 60.7 Å². The van der Waals surface area contributed by atoms with E-state index in [2.05, 4.69) is 45.3 Å². The molecule has 1 aliphatic heterocycles. The predicted molar refractivity (Wildman–Crippen MR) is 168 cm³/mol. The molecular weight excluding hydrogens is 557 g/mol. The fraction of sp³-hybridized carbons (Fsp3) is 0.500. The monoisotopic (exact) mass is 601 g/mol. The maximum absolute atomic E-state index is 14.0. The van der Waals surface area contributed by atoms with Gasteiger partial charge in [0.2, 0.25) is 5.91 Å². The lowest BCUT2D eigenvalue weighted by atomic mass is 9.43. The van der Waals surface area contributed by atoms with Crippen molar-refractivity contribution in [2.24, 2.45) is 23.2 Å². The van der Waals surface area contributed by atoms with Gasteiger partial charge in [-0.3, -0.25) is 19.6 Å². The van der Waals surface area contributed by atoms with Crippen LogP contribution in [-0.2, 0) is 25.3 Å². The van der Waals surface area contributed by atoms with Gasteiger partial charge >= 0.3 is 7.12 Å². The van der Waals surface area contributed by atoms with Gasteiger partial charge in [-0.05, 0) is 78.7 Å². The van der Waals surface area contributed by atoms with Gasteiger partial charge in [-0.25, -0.2) is 5.48 Å². The van der Waals surface area contributed by atoms with E-state index in [1.54, 1.807) is 24.3 Å². The molecule has 4 aliphatic rings. The highest BCUT2D eigenvalue weighted by Gasteiger charge is 2.68. The van der Waals surface area contributed by atoms with E-state index < -0.39 is 19.1 Å². The number of rotatable bonds is 11. The van der Waals surface area contributed by atoms with Crippen LogP contribution >= 0.6 is 0 Å². The SMILES string of the molecule is CC(C)C[C@H](NC(=O)[C@H](Cc1ccccc1)NC(=O)c1ccc(/C=C/C(=O)NO)cc1)B1OC2C[C@H]3C[C@H](C3(C)C)[C@@]2(C)O1. The largest absolute Gasteiger partial charge is 0.481 e. The molecule has 44 heavy (non-hydrogen) atoms. The summed E-state index contributed by atoms with van der Waals surface area (Å²) >= 11 is 0. The summed E-state index contributed by atoms with van der Waals surface area (Å²) in [6.07, 6.45) is 5.81. The normalized spacial score (nSPS) is 26.4. The average molecular weight is 602 g/mol. The molecule has 2 aromatic rings. The number of hydroxylamine groups is 1. The number of amides is 3. The number of carbonyl (C=O) groups is 3. The first-order chi connectivity index (χ1) is 20.9. The maximum atomic E-state index is 14.0. The van der Waals surface area contributed by atoms with Crippen molar-refractivity contribution in [1.82, 2.24) is 16.1 Å². The lowest BCUT2D eigenvalue weighted by Crippen LogP contribution is -2.65. The summed E-state index contributed by atoms with van der Waals surface area (Å²) in [6.45, 7) is 11.1. The summed E-state index contributed by atoms with van der Waals surface area (Å²) in [4.78, 5) is 38.6. The first kappa shape index (κ1) is 31.9. The van der Waals surface area contributed by atoms with Gasteiger partial charge < -0.3 is 19.9 Å². The molecule has 1 heterocycles. The van der Waals surface area contributed by atoms with Crippen LogP contribution in [0.3, 0.4) is 0 Å². The van der Waals surface area contributed by atoms with E-state index in [9.17, 15) is 14.4 Å². The molecule has 2 aromatic carbocycles. The topological polar surface area (TPSA) is 126 Å². The molecule has 3 saturated carbocycles. The van der Waals surface area contributed by atoms with Crippen molar-refractivity contribution >= 4 is 30.9 Å². The third-order valence-corrected chi connectivity index (χ3v) is 9.97. The third-order valence-electron chi connectivity index (χ3n) is 9.97. The van der Waals surface area contributed by atoms with Crippen molar-refractivity contribution in [2.75, 3.05) is 0 Å². The summed E-state index contributed by atoms with van der Waals surface area (Å²) in [7, 11) is -0.562. The van der Waals surface area contributed by atoms with Crippen molar-refractivity contribution in [3.05, 3.63) is 77.4 Å². The van der Waals surface area contributed by atoms with Gasteiger partial charge in [-0.2, -0.15) is 0 Å². The number of hydrogen-bond donors (Lipinski definition) is 4. The van der Waals surface area contributed by atoms with Gasteiger partial charge in [-0.15, -0.1) is 0 Å². The first-order valence-corrected chi connectivity index (χ1v) is 15.6. The molecule has 6 atom stereocenters. The van der Waals surface area contributed by atoms with Gasteiger partial charge in [0.05, 0.1) is 17.6 Å². The van der Waals surface area contributed by atoms with Crippen LogP contribution in [0.2, 0.25) is 0 Å². The van der Waals surface area contributed by atoms with Crippen molar-refractivity contribution < 1.29 is 28.9 Å². The zero-order valence-electron chi connectivity index (χ0n) is 26.2. The molecule has 1 saturated heterocycles. The van der Waals surface area contributed by atoms with Crippen molar-refractivity contribution in [3.63, 3.8) is 0 Å². The minimum atomic E-state index is -0.835. The molecule has 234 valence electrons. The highest BCUT2D eigenvalue weighted by molar-refractivity contribution is 6.48. The molecule has 1 unspecified atom stereocenters. The van der Waals surface area contributed by atoms with Crippen molar-refractivity contribution in [3.8, 4) is 0 Å². The Morgan fingerprint density at radius 2 is 1.73 bits per heavy atom. The summed E-state index contributed by atoms with van der Waals surface area (Å²) in [5, 5.41) is 14.8. The Kier molecular flexibility index (Phi) is 9.34. The Labute approximate surface area is 260 Å². The zero-order chi connectivity index (χ0) is 31.6. The standard InChI is InChI=1S/C34H44BN3O6/c1-21(2)17-29(35-43-28-20-25-19-27(33(25,3)4)34(28,5)44-35)37-32(41)26(18-23-9-7-6-8-10-23)36-31(40)24-14-11-22(12-15-24)13-16-30(39)38-42/h6-16,21,25-29,42H,17-20H2,1-5H3,(H,36,40)(H,37,41)(H,38,39)/b16-13+/t25-,26+,27-,28?,29+,34-/m1/s1. The second kappa shape index (κ2) is 12.9. The van der Waals surface area contributed by atoms with Crippen LogP contribution in [0, 0.1) is 23.2 Å². The number of benzene rings is 2. The molecular formula is C34H44BN3O6. The minimum Gasteiger partial charge on any atom is -0.404 e. The minimum absolute atomic E-state index is 0.00602. The Bertz CT molecular complexity index is 1380. The van der Waals surface area contributed by atoms with Crippen LogP contribution < -0.4 is 16.1 Å². The molecule has 2 bridgehead atoms. The van der Waals surface area contributed by atoms with E-state index in [1.807, 2.05) is 30.3 Å². The average Bonchev–Trinajstić information content (AvgIpc) is 3.37. The lowest BCUT2D eigenvalue weighted by molar-refractivity contribution is -0.199. The Morgan fingerprint density at radius 3 is 2.36 bits per heavy atom. The number of nitrogens with one attached hydrogen (secondary N) is 3. The Hall–Kier alpha value is -3.47. The first-order valence-electron chi connectivity index (χ1n) is 15.6. The number of hydrogen-bond acceptors (Lipinski definition) is 6. The molecule has 3 amide bonds. The molecule has 0 aromatic heterocycles. The van der Waals surface area contributed by atoms with E-state index in [1.165, 1.54) is 17.6 Å². The molecule has 3 aliphatic carbocycles. The van der Waals surface area contributed by atoms with Crippen LogP contribution in [0.4, 0.5) is 0 Å². The van der Waals surface area contributed by atoms with Gasteiger partial charge in [0.25, 0.3) is 11.8 Å². The van der Waals surface area contributed by atoms with E-state index in [-0.39, 0.29) is 40.8 Å². The highest BCUT2D eigenvalue weighted by atomic mass is 16.7. The Morgan fingerprint density at radius 1 is 1.02 bits per heavy atom. The van der Waals surface area contributed by atoms with E-state index in [0.29, 0.717) is 35.8 Å². The van der Waals surface area contributed by atoms with E-state index >= 15 is 0 Å². The molecule has 0 spiro atoms. The van der Waals surface area contributed by atoms with Gasteiger partial charge in [-0.1, -0.05) is 70.2 Å². The van der Waals surface area contributed by atoms with Crippen molar-refractivity contribution in [2.45, 2.75) is 84.0 Å². The van der Waals surface area contributed by atoms with Crippen LogP contribution in [0.1, 0.15) is 75.4 Å². The second-order valence-corrected chi connectivity index (χ2v) is 13.7. The predicted octanol–water partition coefficient (Wildman–Crippen LogP) is 4.34. The highest BCUT2D eigenvalue weighted by Crippen LogP contribution is 2.65. The summed E-state index contributed by atoms with van der Waals surface area (Å²) in [5.41, 5.74) is 3.34. The van der Waals surface area contributed by atoms with Gasteiger partial charge in [0.15, 0.2) is 0 Å². The third kappa shape index (κ3) is 6.62. The van der Waals surface area contributed by atoms with E-state index in [0.717, 1.165) is 18.4 Å². The van der Waals surface area contributed by atoms with Crippen LogP contribution in [0.5, 0.6) is 0 Å². The summed E-state index contributed by atoms with van der Waals surface area (Å²) < 4.78 is 13.3. The maximum Gasteiger partial charge on any atom is 0.481 e. The molecule has 4 N–H and O–H groups in total. The fourth-order valence-electron chi connectivity index (χ4n) is 7.36. The molecule has 4 fully saturated rings. The quantitative estimate of drug-likeness (QED) is 0.131. The number of carbonyl (C=O) groups excluding carboxylic acids is 3. The summed E-state index contributed by atoms with van der Waals surface area (Å²) in [5.74, 6) is -0.383. The van der Waals surface area contributed by atoms with Gasteiger partial charge in [0, 0.05) is 18.1 Å². The second-order valence-electron chi connectivity index (χ2n) is 13.7. The zero-order valence-corrected chi connectivity index (χ0v) is 26.2. The molecule has 6 rings (SSSR count). The van der Waals surface area contributed by atoms with Gasteiger partial charge in [0.1, 0.15) is 6.04 Å². The lowest BCUT2D eigenvalue weighted by Gasteiger charge is -2.64. The fourth-order valence-corrected chi connectivity index (χ4v) is 7.36. The van der Waals surface area contributed by atoms with Crippen LogP contribution in [-0.4, -0.2) is 53.7 Å². The van der Waals surface area contributed by atoms with E-state index in [4.69, 9.17) is 14.5 Å². The summed E-state index contributed by atoms with van der Waals surface area (Å²) in [6, 6.07) is 15.4. The van der Waals surface area contributed by atoms with Crippen molar-refractivity contribution in [1.29, 1.82) is 0 Å². The smallest absolute Gasteiger partial charge is 0.404 e. The molecule has 0 radical (unpaired) electrons. The Balaban J connectivity index is 1.31. The molecule has 10 heteroatoms. The van der Waals surface area contributed by atoms with Crippen LogP contribution in [0.25, 0.3) is 6.08 Å². The molecule has 9 nitrogen and oxygen atoms in total.